The van der Waals surface area contributed by atoms with Gasteiger partial charge < -0.3 is 5.32 Å². The van der Waals surface area contributed by atoms with E-state index in [0.717, 1.165) is 6.54 Å². The number of nitrogens with one attached hydrogen (secondary N) is 1. The van der Waals surface area contributed by atoms with Crippen LogP contribution in [0.25, 0.3) is 11.1 Å². The van der Waals surface area contributed by atoms with E-state index in [4.69, 9.17) is 0 Å². The lowest BCUT2D eigenvalue weighted by Gasteiger charge is -2.23. The average Bonchev–Trinajstić information content (AvgIpc) is 3.19. The van der Waals surface area contributed by atoms with Gasteiger partial charge >= 0.3 is 0 Å². The Balaban J connectivity index is 0.00000156. The van der Waals surface area contributed by atoms with Crippen LogP contribution in [-0.2, 0) is 6.54 Å². The first-order valence-electron chi connectivity index (χ1n) is 8.41. The van der Waals surface area contributed by atoms with Gasteiger partial charge in [-0.2, -0.15) is 0 Å². The molecule has 0 amide bonds. The molecule has 3 heteroatoms. The maximum Gasteiger partial charge on any atom is 0.0234 e. The van der Waals surface area contributed by atoms with Crippen LogP contribution in [0, 0.1) is 5.41 Å². The quantitative estimate of drug-likeness (QED) is 0.917. The Morgan fingerprint density at radius 2 is 1.78 bits per heavy atom. The third-order valence-corrected chi connectivity index (χ3v) is 5.29. The third-order valence-electron chi connectivity index (χ3n) is 5.29. The lowest BCUT2D eigenvalue weighted by molar-refractivity contribution is 0.269. The van der Waals surface area contributed by atoms with Gasteiger partial charge in [-0.15, -0.1) is 12.4 Å². The summed E-state index contributed by atoms with van der Waals surface area (Å²) in [6, 6.07) is 19.7. The minimum absolute atomic E-state index is 0. The Morgan fingerprint density at radius 1 is 0.957 bits per heavy atom. The van der Waals surface area contributed by atoms with Crippen molar-refractivity contribution in [2.75, 3.05) is 26.2 Å². The van der Waals surface area contributed by atoms with Crippen LogP contribution in [0.5, 0.6) is 0 Å². The standard InChI is InChI=1S/C20H24N2.ClH/c1-2-6-18(7-3-1)19-8-4-5-17(13-19)14-22-12-10-20(16-22)9-11-21-15-20;/h1-8,13,21H,9-12,14-16H2;1H. The van der Waals surface area contributed by atoms with Crippen molar-refractivity contribution < 1.29 is 0 Å². The summed E-state index contributed by atoms with van der Waals surface area (Å²) in [6.07, 6.45) is 2.71. The molecule has 2 aliphatic heterocycles. The monoisotopic (exact) mass is 328 g/mol. The molecule has 1 spiro atoms. The molecule has 0 saturated carbocycles. The van der Waals surface area contributed by atoms with Gasteiger partial charge in [-0.3, -0.25) is 4.90 Å². The second-order valence-electron chi connectivity index (χ2n) is 6.95. The smallest absolute Gasteiger partial charge is 0.0234 e. The minimum atomic E-state index is 0. The first-order chi connectivity index (χ1) is 10.8. The molecule has 2 aromatic rings. The van der Waals surface area contributed by atoms with Crippen molar-refractivity contribution in [2.24, 2.45) is 5.41 Å². The Kier molecular flexibility index (Phi) is 5.05. The van der Waals surface area contributed by atoms with E-state index >= 15 is 0 Å². The lowest BCUT2D eigenvalue weighted by Crippen LogP contribution is -2.28. The molecule has 2 saturated heterocycles. The molecule has 0 bridgehead atoms. The molecule has 0 aliphatic carbocycles. The molecule has 1 N–H and O–H groups in total. The molecule has 2 fully saturated rings. The normalized spacial score (nSPS) is 24.0. The number of benzene rings is 2. The first kappa shape index (κ1) is 16.5. The summed E-state index contributed by atoms with van der Waals surface area (Å²) in [5, 5.41) is 3.54. The van der Waals surface area contributed by atoms with Crippen molar-refractivity contribution >= 4 is 12.4 Å². The number of likely N-dealkylation sites (tertiary alicyclic amines) is 1. The molecule has 0 radical (unpaired) electrons. The topological polar surface area (TPSA) is 15.3 Å². The fraction of sp³-hybridized carbons (Fsp3) is 0.400. The highest BCUT2D eigenvalue weighted by Gasteiger charge is 2.39. The molecule has 2 aromatic carbocycles. The number of hydrogen-bond acceptors (Lipinski definition) is 2. The average molecular weight is 329 g/mol. The fourth-order valence-electron chi connectivity index (χ4n) is 4.04. The van der Waals surface area contributed by atoms with Crippen LogP contribution in [0.15, 0.2) is 54.6 Å². The molecular formula is C20H25ClN2. The van der Waals surface area contributed by atoms with E-state index in [-0.39, 0.29) is 12.4 Å². The Morgan fingerprint density at radius 3 is 2.57 bits per heavy atom. The number of rotatable bonds is 3. The van der Waals surface area contributed by atoms with E-state index in [1.165, 1.54) is 55.7 Å². The summed E-state index contributed by atoms with van der Waals surface area (Å²) >= 11 is 0. The van der Waals surface area contributed by atoms with Gasteiger partial charge in [0, 0.05) is 19.6 Å². The number of halogens is 1. The van der Waals surface area contributed by atoms with Gasteiger partial charge in [0.15, 0.2) is 0 Å². The zero-order valence-corrected chi connectivity index (χ0v) is 14.3. The predicted octanol–water partition coefficient (Wildman–Crippen LogP) is 3.96. The van der Waals surface area contributed by atoms with Crippen LogP contribution in [-0.4, -0.2) is 31.1 Å². The van der Waals surface area contributed by atoms with E-state index in [2.05, 4.69) is 64.8 Å². The van der Waals surface area contributed by atoms with Crippen LogP contribution < -0.4 is 5.32 Å². The van der Waals surface area contributed by atoms with Crippen LogP contribution in [0.2, 0.25) is 0 Å². The van der Waals surface area contributed by atoms with Gasteiger partial charge in [0.1, 0.15) is 0 Å². The maximum atomic E-state index is 3.54. The fourth-order valence-corrected chi connectivity index (χ4v) is 4.04. The predicted molar refractivity (Wildman–Crippen MR) is 98.9 cm³/mol. The first-order valence-corrected chi connectivity index (χ1v) is 8.41. The summed E-state index contributed by atoms with van der Waals surface area (Å²) < 4.78 is 0. The molecule has 2 heterocycles. The molecule has 1 unspecified atom stereocenters. The van der Waals surface area contributed by atoms with E-state index in [0.29, 0.717) is 5.41 Å². The highest BCUT2D eigenvalue weighted by atomic mass is 35.5. The van der Waals surface area contributed by atoms with Gasteiger partial charge in [0.05, 0.1) is 0 Å². The van der Waals surface area contributed by atoms with E-state index in [1.807, 2.05) is 0 Å². The Labute approximate surface area is 145 Å². The highest BCUT2D eigenvalue weighted by Crippen LogP contribution is 2.36. The summed E-state index contributed by atoms with van der Waals surface area (Å²) in [4.78, 5) is 2.64. The molecule has 2 aliphatic rings. The van der Waals surface area contributed by atoms with Gasteiger partial charge in [-0.25, -0.2) is 0 Å². The van der Waals surface area contributed by atoms with Crippen LogP contribution in [0.3, 0.4) is 0 Å². The van der Waals surface area contributed by atoms with Crippen molar-refractivity contribution in [2.45, 2.75) is 19.4 Å². The maximum absolute atomic E-state index is 3.54. The molecule has 4 rings (SSSR count). The molecule has 1 atom stereocenters. The summed E-state index contributed by atoms with van der Waals surface area (Å²) in [5.74, 6) is 0. The van der Waals surface area contributed by atoms with Crippen molar-refractivity contribution in [3.63, 3.8) is 0 Å². The Bertz CT molecular complexity index is 635. The SMILES string of the molecule is Cl.c1ccc(-c2cccc(CN3CCC4(CCNC4)C3)c2)cc1. The van der Waals surface area contributed by atoms with Crippen LogP contribution in [0.4, 0.5) is 0 Å². The molecule has 0 aromatic heterocycles. The second-order valence-corrected chi connectivity index (χ2v) is 6.95. The highest BCUT2D eigenvalue weighted by molar-refractivity contribution is 5.85. The van der Waals surface area contributed by atoms with E-state index < -0.39 is 0 Å². The largest absolute Gasteiger partial charge is 0.316 e. The molecule has 2 nitrogen and oxygen atoms in total. The second kappa shape index (κ2) is 7.04. The van der Waals surface area contributed by atoms with Crippen molar-refractivity contribution in [3.8, 4) is 11.1 Å². The zero-order chi connectivity index (χ0) is 14.8. The Hall–Kier alpha value is -1.35. The van der Waals surface area contributed by atoms with Gasteiger partial charge in [0.2, 0.25) is 0 Å². The van der Waals surface area contributed by atoms with Gasteiger partial charge in [-0.05, 0) is 54.1 Å². The van der Waals surface area contributed by atoms with Crippen LogP contribution >= 0.6 is 12.4 Å². The van der Waals surface area contributed by atoms with Crippen molar-refractivity contribution in [3.05, 3.63) is 60.2 Å². The van der Waals surface area contributed by atoms with Crippen molar-refractivity contribution in [1.82, 2.24) is 10.2 Å². The summed E-state index contributed by atoms with van der Waals surface area (Å²) in [6.45, 7) is 6.01. The van der Waals surface area contributed by atoms with Gasteiger partial charge in [-0.1, -0.05) is 48.5 Å². The molecular weight excluding hydrogens is 304 g/mol. The van der Waals surface area contributed by atoms with E-state index in [9.17, 15) is 0 Å². The lowest BCUT2D eigenvalue weighted by atomic mass is 9.86. The molecule has 122 valence electrons. The summed E-state index contributed by atoms with van der Waals surface area (Å²) in [5.41, 5.74) is 4.64. The van der Waals surface area contributed by atoms with Crippen molar-refractivity contribution in [1.29, 1.82) is 0 Å². The molecule has 23 heavy (non-hydrogen) atoms. The van der Waals surface area contributed by atoms with E-state index in [1.54, 1.807) is 0 Å². The van der Waals surface area contributed by atoms with Gasteiger partial charge in [0.25, 0.3) is 0 Å². The third kappa shape index (κ3) is 3.60. The zero-order valence-electron chi connectivity index (χ0n) is 13.5. The summed E-state index contributed by atoms with van der Waals surface area (Å²) in [7, 11) is 0. The minimum Gasteiger partial charge on any atom is -0.316 e. The number of nitrogens with zero attached hydrogens (tertiary/aromatic N) is 1. The van der Waals surface area contributed by atoms with Crippen LogP contribution in [0.1, 0.15) is 18.4 Å². The number of hydrogen-bond donors (Lipinski definition) is 1.